The van der Waals surface area contributed by atoms with Crippen LogP contribution in [0.5, 0.6) is 0 Å². The quantitative estimate of drug-likeness (QED) is 0.164. The molecule has 0 rings (SSSR count). The minimum absolute atomic E-state index is 0.147. The summed E-state index contributed by atoms with van der Waals surface area (Å²) in [5.41, 5.74) is 0. The van der Waals surface area contributed by atoms with E-state index in [9.17, 15) is 0 Å². The molecular weight excluding hydrogens is 335 g/mol. The maximum absolute atomic E-state index is 7.08. The van der Waals surface area contributed by atoms with Gasteiger partial charge in [0.05, 0.1) is 10.3 Å². The molecule has 1 atom stereocenters. The summed E-state index contributed by atoms with van der Waals surface area (Å²) in [6.45, 7) is 6.80. The van der Waals surface area contributed by atoms with Gasteiger partial charge < -0.3 is 0 Å². The molecule has 1 unspecified atom stereocenters. The molecule has 0 saturated heterocycles. The van der Waals surface area contributed by atoms with Crippen molar-refractivity contribution < 1.29 is 0 Å². The zero-order chi connectivity index (χ0) is 18.1. The Bertz CT molecular complexity index is 240. The molecule has 0 radical (unpaired) electrons. The zero-order valence-corrected chi connectivity index (χ0v) is 18.4. The third-order valence-electron chi connectivity index (χ3n) is 5.26. The SMILES string of the molecule is CCCCCCCCC(Cl)C(Cl)(CCCCCC)CCCCCC. The Labute approximate surface area is 163 Å². The van der Waals surface area contributed by atoms with Crippen LogP contribution in [0.15, 0.2) is 0 Å². The van der Waals surface area contributed by atoms with Gasteiger partial charge in [-0.2, -0.15) is 0 Å². The highest BCUT2D eigenvalue weighted by molar-refractivity contribution is 6.32. The van der Waals surface area contributed by atoms with Crippen LogP contribution in [-0.4, -0.2) is 10.3 Å². The van der Waals surface area contributed by atoms with Gasteiger partial charge in [-0.15, -0.1) is 23.2 Å². The summed E-state index contributed by atoms with van der Waals surface area (Å²) in [7, 11) is 0. The van der Waals surface area contributed by atoms with Crippen LogP contribution in [0.25, 0.3) is 0 Å². The van der Waals surface area contributed by atoms with Crippen LogP contribution in [0.4, 0.5) is 0 Å². The normalized spacial score (nSPS) is 13.4. The van der Waals surface area contributed by atoms with Crippen LogP contribution in [0, 0.1) is 0 Å². The van der Waals surface area contributed by atoms with E-state index in [4.69, 9.17) is 23.2 Å². The van der Waals surface area contributed by atoms with Crippen molar-refractivity contribution >= 4 is 23.2 Å². The van der Waals surface area contributed by atoms with Gasteiger partial charge in [0.2, 0.25) is 0 Å². The van der Waals surface area contributed by atoms with Crippen molar-refractivity contribution in [2.24, 2.45) is 0 Å². The van der Waals surface area contributed by atoms with E-state index in [1.54, 1.807) is 0 Å². The summed E-state index contributed by atoms with van der Waals surface area (Å²) in [4.78, 5) is -0.160. The van der Waals surface area contributed by atoms with Gasteiger partial charge in [-0.05, 0) is 19.3 Å². The van der Waals surface area contributed by atoms with Crippen molar-refractivity contribution in [3.63, 3.8) is 0 Å². The lowest BCUT2D eigenvalue weighted by molar-refractivity contribution is 0.403. The maximum atomic E-state index is 7.08. The van der Waals surface area contributed by atoms with Crippen molar-refractivity contribution in [1.29, 1.82) is 0 Å². The zero-order valence-electron chi connectivity index (χ0n) is 16.9. The molecular formula is C22H44Cl2. The van der Waals surface area contributed by atoms with Crippen molar-refractivity contribution in [3.05, 3.63) is 0 Å². The first-order chi connectivity index (χ1) is 11.6. The average Bonchev–Trinajstić information content (AvgIpc) is 2.58. The summed E-state index contributed by atoms with van der Waals surface area (Å²) < 4.78 is 0. The molecule has 0 aromatic heterocycles. The monoisotopic (exact) mass is 378 g/mol. The van der Waals surface area contributed by atoms with Crippen molar-refractivity contribution in [3.8, 4) is 0 Å². The summed E-state index contributed by atoms with van der Waals surface area (Å²) in [6, 6.07) is 0. The lowest BCUT2D eigenvalue weighted by atomic mass is 9.88. The van der Waals surface area contributed by atoms with E-state index in [2.05, 4.69) is 20.8 Å². The average molecular weight is 380 g/mol. The molecule has 0 aromatic carbocycles. The molecule has 0 aromatic rings. The van der Waals surface area contributed by atoms with Crippen molar-refractivity contribution in [2.45, 2.75) is 140 Å². The summed E-state index contributed by atoms with van der Waals surface area (Å²) in [6.07, 6.45) is 21.6. The van der Waals surface area contributed by atoms with Gasteiger partial charge in [0, 0.05) is 0 Å². The van der Waals surface area contributed by atoms with Crippen LogP contribution >= 0.6 is 23.2 Å². The van der Waals surface area contributed by atoms with Gasteiger partial charge >= 0.3 is 0 Å². The Morgan fingerprint density at radius 3 is 1.42 bits per heavy atom. The van der Waals surface area contributed by atoms with Crippen LogP contribution in [-0.2, 0) is 0 Å². The molecule has 2 heteroatoms. The van der Waals surface area contributed by atoms with E-state index in [1.807, 2.05) is 0 Å². The number of rotatable bonds is 18. The van der Waals surface area contributed by atoms with Gasteiger partial charge in [-0.1, -0.05) is 111 Å². The number of alkyl halides is 2. The Kier molecular flexibility index (Phi) is 17.4. The molecule has 0 saturated carbocycles. The Hall–Kier alpha value is 0.580. The largest absolute Gasteiger partial charge is 0.121 e. The van der Waals surface area contributed by atoms with Crippen molar-refractivity contribution in [2.75, 3.05) is 0 Å². The van der Waals surface area contributed by atoms with Crippen LogP contribution < -0.4 is 0 Å². The summed E-state index contributed by atoms with van der Waals surface area (Å²) >= 11 is 13.9. The number of halogens is 2. The first-order valence-corrected chi connectivity index (χ1v) is 11.7. The molecule has 0 nitrogen and oxygen atoms in total. The maximum Gasteiger partial charge on any atom is 0.0609 e. The highest BCUT2D eigenvalue weighted by atomic mass is 35.5. The fraction of sp³-hybridized carbons (Fsp3) is 1.00. The second-order valence-corrected chi connectivity index (χ2v) is 8.96. The second kappa shape index (κ2) is 17.0. The molecule has 146 valence electrons. The van der Waals surface area contributed by atoms with E-state index in [1.165, 1.54) is 89.9 Å². The van der Waals surface area contributed by atoms with E-state index >= 15 is 0 Å². The van der Waals surface area contributed by atoms with Gasteiger partial charge in [0.25, 0.3) is 0 Å². The number of hydrogen-bond donors (Lipinski definition) is 0. The third-order valence-corrected chi connectivity index (χ3v) is 6.65. The van der Waals surface area contributed by atoms with E-state index in [-0.39, 0.29) is 10.3 Å². The molecule has 0 bridgehead atoms. The molecule has 0 aliphatic heterocycles. The Balaban J connectivity index is 4.20. The molecule has 0 fully saturated rings. The lowest BCUT2D eigenvalue weighted by Crippen LogP contribution is -2.33. The van der Waals surface area contributed by atoms with Gasteiger partial charge in [-0.25, -0.2) is 0 Å². The molecule has 0 N–H and O–H groups in total. The standard InChI is InChI=1S/C22H44Cl2/c1-4-7-10-13-14-15-18-21(23)22(24,19-16-11-8-5-2)20-17-12-9-6-3/h21H,4-20H2,1-3H3. The fourth-order valence-corrected chi connectivity index (χ4v) is 4.24. The first-order valence-electron chi connectivity index (χ1n) is 10.9. The molecule has 0 aliphatic rings. The lowest BCUT2D eigenvalue weighted by Gasteiger charge is -2.32. The highest BCUT2D eigenvalue weighted by Gasteiger charge is 2.34. The smallest absolute Gasteiger partial charge is 0.0609 e. The van der Waals surface area contributed by atoms with Crippen molar-refractivity contribution in [1.82, 2.24) is 0 Å². The highest BCUT2D eigenvalue weighted by Crippen LogP contribution is 2.38. The van der Waals surface area contributed by atoms with E-state index in [0.29, 0.717) is 0 Å². The molecule has 0 amide bonds. The van der Waals surface area contributed by atoms with E-state index < -0.39 is 0 Å². The third kappa shape index (κ3) is 12.9. The predicted molar refractivity (Wildman–Crippen MR) is 114 cm³/mol. The number of hydrogen-bond acceptors (Lipinski definition) is 0. The molecule has 0 aliphatic carbocycles. The van der Waals surface area contributed by atoms with Gasteiger partial charge in [-0.3, -0.25) is 0 Å². The minimum atomic E-state index is -0.160. The number of unbranched alkanes of at least 4 members (excludes halogenated alkanes) is 11. The molecule has 0 heterocycles. The predicted octanol–water partition coefficient (Wildman–Crippen LogP) is 9.26. The second-order valence-electron chi connectivity index (χ2n) is 7.68. The molecule has 0 spiro atoms. The topological polar surface area (TPSA) is 0 Å². The van der Waals surface area contributed by atoms with Gasteiger partial charge in [0.15, 0.2) is 0 Å². The summed E-state index contributed by atoms with van der Waals surface area (Å²) in [5.74, 6) is 0. The van der Waals surface area contributed by atoms with E-state index in [0.717, 1.165) is 19.3 Å². The van der Waals surface area contributed by atoms with Gasteiger partial charge in [0.1, 0.15) is 0 Å². The minimum Gasteiger partial charge on any atom is -0.121 e. The fourth-order valence-electron chi connectivity index (χ4n) is 3.49. The van der Waals surface area contributed by atoms with Crippen LogP contribution in [0.1, 0.15) is 130 Å². The Morgan fingerprint density at radius 1 is 0.583 bits per heavy atom. The first kappa shape index (κ1) is 24.6. The summed E-state index contributed by atoms with van der Waals surface area (Å²) in [5, 5.41) is 0.147. The molecule has 24 heavy (non-hydrogen) atoms. The Morgan fingerprint density at radius 2 is 0.958 bits per heavy atom. The van der Waals surface area contributed by atoms with Crippen LogP contribution in [0.2, 0.25) is 0 Å². The van der Waals surface area contributed by atoms with Crippen LogP contribution in [0.3, 0.4) is 0 Å².